The Morgan fingerprint density at radius 2 is 1.58 bits per heavy atom. The van der Waals surface area contributed by atoms with Gasteiger partial charge in [-0.2, -0.15) is 5.10 Å². The van der Waals surface area contributed by atoms with Gasteiger partial charge in [-0.25, -0.2) is 14.0 Å². The summed E-state index contributed by atoms with van der Waals surface area (Å²) in [5.41, 5.74) is 0.0311. The highest BCUT2D eigenvalue weighted by Gasteiger charge is 2.27. The maximum atomic E-state index is 13.4. The van der Waals surface area contributed by atoms with Crippen molar-refractivity contribution in [2.45, 2.75) is 13.1 Å². The molecule has 0 saturated heterocycles. The van der Waals surface area contributed by atoms with Crippen molar-refractivity contribution in [2.24, 2.45) is 0 Å². The molecule has 4 aromatic heterocycles. The average Bonchev–Trinajstić information content (AvgIpc) is 3.66. The first-order valence-corrected chi connectivity index (χ1v) is 10.8. The molecule has 0 fully saturated rings. The molecular formula is C25H19N5O6. The van der Waals surface area contributed by atoms with Crippen LogP contribution in [0, 0.1) is 10.1 Å². The summed E-state index contributed by atoms with van der Waals surface area (Å²) in [4.78, 5) is 37.9. The number of aromatic nitrogens is 4. The van der Waals surface area contributed by atoms with Crippen molar-refractivity contribution in [1.29, 1.82) is 0 Å². The molecular weight excluding hydrogens is 466 g/mol. The van der Waals surface area contributed by atoms with Crippen molar-refractivity contribution in [3.63, 3.8) is 0 Å². The highest BCUT2D eigenvalue weighted by Crippen LogP contribution is 2.18. The first-order chi connectivity index (χ1) is 17.5. The fraction of sp³-hybridized carbons (Fsp3) is 0.0800. The maximum absolute atomic E-state index is 13.4. The van der Waals surface area contributed by atoms with Gasteiger partial charge in [-0.15, -0.1) is 0 Å². The van der Waals surface area contributed by atoms with Crippen LogP contribution in [0.2, 0.25) is 0 Å². The summed E-state index contributed by atoms with van der Waals surface area (Å²) in [6.07, 6.45) is 11.9. The Morgan fingerprint density at radius 3 is 2.19 bits per heavy atom. The number of furan rings is 2. The number of nitro groups is 1. The lowest BCUT2D eigenvalue weighted by atomic mass is 10.2. The summed E-state index contributed by atoms with van der Waals surface area (Å²) >= 11 is 0. The third-order valence-electron chi connectivity index (χ3n) is 5.52. The number of nitrogens with zero attached hydrogens (tertiary/aromatic N) is 5. The van der Waals surface area contributed by atoms with E-state index in [1.165, 1.54) is 35.7 Å². The van der Waals surface area contributed by atoms with Crippen molar-refractivity contribution < 1.29 is 13.8 Å². The Labute approximate surface area is 202 Å². The topological polar surface area (TPSA) is 131 Å². The molecule has 36 heavy (non-hydrogen) atoms. The second kappa shape index (κ2) is 9.58. The van der Waals surface area contributed by atoms with Gasteiger partial charge < -0.3 is 8.83 Å². The largest absolute Gasteiger partial charge is 0.472 e. The molecule has 0 amide bonds. The van der Waals surface area contributed by atoms with Gasteiger partial charge in [0, 0.05) is 22.9 Å². The van der Waals surface area contributed by atoms with E-state index < -0.39 is 21.9 Å². The van der Waals surface area contributed by atoms with E-state index in [2.05, 4.69) is 5.10 Å². The van der Waals surface area contributed by atoms with E-state index in [0.29, 0.717) is 16.7 Å². The minimum absolute atomic E-state index is 0.0369. The zero-order chi connectivity index (χ0) is 25.1. The number of rotatable bonds is 8. The van der Waals surface area contributed by atoms with Crippen LogP contribution < -0.4 is 11.2 Å². The van der Waals surface area contributed by atoms with Crippen LogP contribution >= 0.6 is 0 Å². The smallest absolute Gasteiger partial charge is 0.357 e. The first kappa shape index (κ1) is 22.6. The molecule has 0 atom stereocenters. The van der Waals surface area contributed by atoms with Crippen molar-refractivity contribution >= 4 is 17.8 Å². The van der Waals surface area contributed by atoms with Crippen LogP contribution in [0.3, 0.4) is 0 Å². The van der Waals surface area contributed by atoms with E-state index in [1.54, 1.807) is 35.3 Å². The van der Waals surface area contributed by atoms with Crippen molar-refractivity contribution in [1.82, 2.24) is 18.9 Å². The minimum atomic E-state index is -1.01. The molecule has 0 bridgehead atoms. The molecule has 0 unspecified atom stereocenters. The van der Waals surface area contributed by atoms with Gasteiger partial charge in [-0.05, 0) is 36.4 Å². The van der Waals surface area contributed by atoms with Crippen LogP contribution in [0.1, 0.15) is 22.4 Å². The Hall–Kier alpha value is -5.19. The molecule has 4 heterocycles. The zero-order valence-corrected chi connectivity index (χ0v) is 18.8. The van der Waals surface area contributed by atoms with Gasteiger partial charge in [-0.3, -0.25) is 19.5 Å². The van der Waals surface area contributed by atoms with E-state index in [0.717, 1.165) is 10.3 Å². The number of para-hydroxylation sites is 1. The molecule has 0 N–H and O–H groups in total. The van der Waals surface area contributed by atoms with E-state index in [4.69, 9.17) is 8.83 Å². The van der Waals surface area contributed by atoms with Crippen LogP contribution in [-0.4, -0.2) is 23.8 Å². The quantitative estimate of drug-likeness (QED) is 0.243. The second-order valence-electron chi connectivity index (χ2n) is 7.90. The Balaban J connectivity index is 1.63. The zero-order valence-electron chi connectivity index (χ0n) is 18.8. The molecule has 0 radical (unpaired) electrons. The van der Waals surface area contributed by atoms with E-state index >= 15 is 0 Å². The first-order valence-electron chi connectivity index (χ1n) is 10.8. The molecule has 5 aromatic rings. The van der Waals surface area contributed by atoms with E-state index in [-0.39, 0.29) is 18.8 Å². The lowest BCUT2D eigenvalue weighted by molar-refractivity contribution is -0.387. The summed E-state index contributed by atoms with van der Waals surface area (Å²) in [6, 6.07) is 12.6. The Morgan fingerprint density at radius 1 is 0.917 bits per heavy atom. The standard InChI is InChI=1S/C25H19N5O6/c31-24-23(30(33)34)22(7-6-18-12-26-29(15-18)21-4-2-1-3-5-21)27(13-19-8-10-35-16-19)25(32)28(24)14-20-9-11-36-17-20/h1-12,15-17H,13-14H2/b7-6+. The lowest BCUT2D eigenvalue weighted by Gasteiger charge is -2.13. The molecule has 0 aliphatic carbocycles. The maximum Gasteiger partial charge on any atom is 0.357 e. The summed E-state index contributed by atoms with van der Waals surface area (Å²) in [5.74, 6) is 0. The Kier molecular flexibility index (Phi) is 6.02. The molecule has 5 rings (SSSR count). The molecule has 0 aliphatic rings. The molecule has 0 spiro atoms. The summed E-state index contributed by atoms with van der Waals surface area (Å²) < 4.78 is 13.8. The Bertz CT molecular complexity index is 1640. The van der Waals surface area contributed by atoms with Crippen LogP contribution in [-0.2, 0) is 13.1 Å². The van der Waals surface area contributed by atoms with Crippen LogP contribution in [0.25, 0.3) is 17.8 Å². The molecule has 11 nitrogen and oxygen atoms in total. The van der Waals surface area contributed by atoms with Crippen molar-refractivity contribution in [2.75, 3.05) is 0 Å². The van der Waals surface area contributed by atoms with Gasteiger partial charge in [0.1, 0.15) is 5.69 Å². The van der Waals surface area contributed by atoms with Crippen LogP contribution in [0.5, 0.6) is 0 Å². The number of hydrogen-bond donors (Lipinski definition) is 0. The van der Waals surface area contributed by atoms with E-state index in [9.17, 15) is 19.7 Å². The summed E-state index contributed by atoms with van der Waals surface area (Å²) in [7, 11) is 0. The van der Waals surface area contributed by atoms with Crippen LogP contribution in [0.4, 0.5) is 5.69 Å². The fourth-order valence-corrected chi connectivity index (χ4v) is 3.78. The number of benzene rings is 1. The number of hydrogen-bond acceptors (Lipinski definition) is 7. The fourth-order valence-electron chi connectivity index (χ4n) is 3.78. The molecule has 0 aliphatic heterocycles. The highest BCUT2D eigenvalue weighted by atomic mass is 16.6. The van der Waals surface area contributed by atoms with Crippen molar-refractivity contribution in [3.05, 3.63) is 133 Å². The monoisotopic (exact) mass is 485 g/mol. The molecule has 0 saturated carbocycles. The van der Waals surface area contributed by atoms with Gasteiger partial charge in [0.05, 0.1) is 54.9 Å². The minimum Gasteiger partial charge on any atom is -0.472 e. The third kappa shape index (κ3) is 4.44. The van der Waals surface area contributed by atoms with Gasteiger partial charge in [0.25, 0.3) is 0 Å². The predicted octanol–water partition coefficient (Wildman–Crippen LogP) is 3.56. The molecule has 180 valence electrons. The second-order valence-corrected chi connectivity index (χ2v) is 7.90. The van der Waals surface area contributed by atoms with Crippen molar-refractivity contribution in [3.8, 4) is 5.69 Å². The van der Waals surface area contributed by atoms with Gasteiger partial charge >= 0.3 is 16.9 Å². The normalized spacial score (nSPS) is 11.3. The SMILES string of the molecule is O=c1c([N+](=O)[O-])c(/C=C/c2cnn(-c3ccccc3)c2)n(Cc2ccoc2)c(=O)n1Cc1ccoc1. The summed E-state index contributed by atoms with van der Waals surface area (Å²) in [5, 5.41) is 16.4. The summed E-state index contributed by atoms with van der Waals surface area (Å²) in [6.45, 7) is -0.209. The van der Waals surface area contributed by atoms with Crippen LogP contribution in [0.15, 0.2) is 98.3 Å². The highest BCUT2D eigenvalue weighted by molar-refractivity contribution is 5.71. The van der Waals surface area contributed by atoms with E-state index in [1.807, 2.05) is 30.3 Å². The predicted molar refractivity (Wildman–Crippen MR) is 130 cm³/mol. The van der Waals surface area contributed by atoms with Gasteiger partial charge in [-0.1, -0.05) is 18.2 Å². The van der Waals surface area contributed by atoms with Gasteiger partial charge in [0.2, 0.25) is 0 Å². The lowest BCUT2D eigenvalue weighted by Crippen LogP contribution is -2.42. The van der Waals surface area contributed by atoms with Gasteiger partial charge in [0.15, 0.2) is 0 Å². The molecule has 11 heteroatoms. The molecule has 1 aromatic carbocycles. The third-order valence-corrected chi connectivity index (χ3v) is 5.52. The average molecular weight is 485 g/mol.